The van der Waals surface area contributed by atoms with Crippen molar-refractivity contribution in [1.82, 2.24) is 15.1 Å². The van der Waals surface area contributed by atoms with E-state index in [2.05, 4.69) is 10.2 Å². The van der Waals surface area contributed by atoms with Crippen LogP contribution in [0.15, 0.2) is 48.5 Å². The summed E-state index contributed by atoms with van der Waals surface area (Å²) in [6, 6.07) is 15.6. The molecule has 2 aromatic rings. The van der Waals surface area contributed by atoms with Crippen molar-refractivity contribution in [3.8, 4) is 5.75 Å². The Hall–Kier alpha value is -2.86. The lowest BCUT2D eigenvalue weighted by molar-refractivity contribution is -0.129. The topological polar surface area (TPSA) is 61.9 Å². The molecule has 2 aliphatic rings. The Bertz CT molecular complexity index is 978. The van der Waals surface area contributed by atoms with Gasteiger partial charge in [-0.25, -0.2) is 0 Å². The van der Waals surface area contributed by atoms with E-state index in [9.17, 15) is 9.59 Å². The van der Waals surface area contributed by atoms with E-state index in [1.807, 2.05) is 60.4 Å². The van der Waals surface area contributed by atoms with E-state index in [-0.39, 0.29) is 17.9 Å². The highest BCUT2D eigenvalue weighted by molar-refractivity contribution is 5.95. The Morgan fingerprint density at radius 3 is 2.38 bits per heavy atom. The predicted molar refractivity (Wildman–Crippen MR) is 134 cm³/mol. The molecule has 0 radical (unpaired) electrons. The first-order valence-electron chi connectivity index (χ1n) is 12.6. The quantitative estimate of drug-likeness (QED) is 0.649. The maximum Gasteiger partial charge on any atom is 0.254 e. The van der Waals surface area contributed by atoms with Crippen LogP contribution in [0.2, 0.25) is 0 Å². The van der Waals surface area contributed by atoms with Gasteiger partial charge < -0.3 is 15.0 Å². The summed E-state index contributed by atoms with van der Waals surface area (Å²) in [7, 11) is 1.68. The molecule has 4 rings (SSSR count). The molecular weight excluding hydrogens is 426 g/mol. The maximum atomic E-state index is 13.4. The normalized spacial score (nSPS) is 18.0. The third kappa shape index (κ3) is 5.61. The Morgan fingerprint density at radius 2 is 1.68 bits per heavy atom. The monoisotopic (exact) mass is 463 g/mol. The van der Waals surface area contributed by atoms with Gasteiger partial charge in [0.05, 0.1) is 13.2 Å². The van der Waals surface area contributed by atoms with Gasteiger partial charge in [-0.15, -0.1) is 0 Å². The van der Waals surface area contributed by atoms with Gasteiger partial charge in [-0.1, -0.05) is 49.2 Å². The molecule has 0 aromatic heterocycles. The first kappa shape index (κ1) is 24.3. The summed E-state index contributed by atoms with van der Waals surface area (Å²) in [5.41, 5.74) is 2.89. The van der Waals surface area contributed by atoms with Crippen LogP contribution in [0.25, 0.3) is 0 Å². The van der Waals surface area contributed by atoms with Crippen molar-refractivity contribution in [2.45, 2.75) is 45.1 Å². The number of nitrogens with one attached hydrogen (secondary N) is 1. The number of hydrogen-bond acceptors (Lipinski definition) is 4. The van der Waals surface area contributed by atoms with Gasteiger partial charge in [-0.2, -0.15) is 0 Å². The minimum absolute atomic E-state index is 0.0939. The molecule has 1 N–H and O–H groups in total. The van der Waals surface area contributed by atoms with Crippen molar-refractivity contribution in [3.05, 3.63) is 65.2 Å². The number of benzene rings is 2. The molecule has 34 heavy (non-hydrogen) atoms. The number of hydrogen-bond donors (Lipinski definition) is 1. The molecule has 0 unspecified atom stereocenters. The van der Waals surface area contributed by atoms with Crippen LogP contribution >= 0.6 is 0 Å². The fourth-order valence-electron chi connectivity index (χ4n) is 5.47. The predicted octanol–water partition coefficient (Wildman–Crippen LogP) is 3.68. The lowest BCUT2D eigenvalue weighted by Crippen LogP contribution is -2.58. The van der Waals surface area contributed by atoms with E-state index in [4.69, 9.17) is 4.74 Å². The molecule has 1 aliphatic carbocycles. The first-order valence-corrected chi connectivity index (χ1v) is 12.6. The van der Waals surface area contributed by atoms with Gasteiger partial charge in [-0.05, 0) is 55.4 Å². The van der Waals surface area contributed by atoms with Crippen LogP contribution < -0.4 is 10.1 Å². The summed E-state index contributed by atoms with van der Waals surface area (Å²) in [5.74, 6) is 1.47. The zero-order valence-corrected chi connectivity index (χ0v) is 20.5. The molecule has 2 aromatic carbocycles. The molecule has 2 amide bonds. The standard InChI is InChI=1S/C28H37N3O3/c1-21-9-3-7-13-24(21)28(33)31-19-17-30(18-20-31)26(23-11-4-5-12-23)27(32)29-16-15-22-10-6-8-14-25(22)34-2/h3,6-10,13-14,23,26H,4-5,11-12,15-20H2,1-2H3,(H,29,32)/t26-/m1/s1. The first-order chi connectivity index (χ1) is 16.6. The van der Waals surface area contributed by atoms with Gasteiger partial charge >= 0.3 is 0 Å². The summed E-state index contributed by atoms with van der Waals surface area (Å²) >= 11 is 0. The van der Waals surface area contributed by atoms with E-state index in [0.717, 1.165) is 54.8 Å². The number of rotatable bonds is 8. The molecule has 1 atom stereocenters. The number of carbonyl (C=O) groups excluding carboxylic acids is 2. The molecule has 2 fully saturated rings. The third-order valence-corrected chi connectivity index (χ3v) is 7.37. The van der Waals surface area contributed by atoms with Crippen LogP contribution in [0.4, 0.5) is 0 Å². The smallest absolute Gasteiger partial charge is 0.254 e. The van der Waals surface area contributed by atoms with Gasteiger partial charge in [-0.3, -0.25) is 14.5 Å². The van der Waals surface area contributed by atoms with Crippen molar-refractivity contribution in [1.29, 1.82) is 0 Å². The SMILES string of the molecule is COc1ccccc1CCNC(=O)[C@@H](C1CCCC1)N1CCN(C(=O)c2ccccc2C)CC1. The largest absolute Gasteiger partial charge is 0.496 e. The fourth-order valence-corrected chi connectivity index (χ4v) is 5.47. The molecule has 1 heterocycles. The third-order valence-electron chi connectivity index (χ3n) is 7.37. The molecule has 182 valence electrons. The number of amides is 2. The lowest BCUT2D eigenvalue weighted by atomic mass is 9.94. The zero-order valence-electron chi connectivity index (χ0n) is 20.5. The van der Waals surface area contributed by atoms with Crippen molar-refractivity contribution >= 4 is 11.8 Å². The summed E-state index contributed by atoms with van der Waals surface area (Å²) in [4.78, 5) is 30.7. The summed E-state index contributed by atoms with van der Waals surface area (Å²) in [6.45, 7) is 5.36. The highest BCUT2D eigenvalue weighted by Crippen LogP contribution is 2.31. The van der Waals surface area contributed by atoms with Gasteiger partial charge in [0.2, 0.25) is 5.91 Å². The van der Waals surface area contributed by atoms with Crippen LogP contribution in [-0.2, 0) is 11.2 Å². The molecule has 1 aliphatic heterocycles. The highest BCUT2D eigenvalue weighted by atomic mass is 16.5. The van der Waals surface area contributed by atoms with Crippen LogP contribution in [-0.4, -0.2) is 67.5 Å². The van der Waals surface area contributed by atoms with Crippen molar-refractivity contribution in [3.63, 3.8) is 0 Å². The Kier molecular flexibility index (Phi) is 8.22. The molecule has 6 nitrogen and oxygen atoms in total. The molecule has 1 saturated heterocycles. The highest BCUT2D eigenvalue weighted by Gasteiger charge is 2.37. The summed E-state index contributed by atoms with van der Waals surface area (Å²) in [5, 5.41) is 3.21. The fraction of sp³-hybridized carbons (Fsp3) is 0.500. The molecule has 6 heteroatoms. The molecule has 0 bridgehead atoms. The van der Waals surface area contributed by atoms with Gasteiger partial charge in [0.15, 0.2) is 0 Å². The van der Waals surface area contributed by atoms with Crippen molar-refractivity contribution in [2.75, 3.05) is 39.8 Å². The maximum absolute atomic E-state index is 13.4. The number of carbonyl (C=O) groups is 2. The van der Waals surface area contributed by atoms with Gasteiger partial charge in [0, 0.05) is 38.3 Å². The van der Waals surface area contributed by atoms with Crippen molar-refractivity contribution < 1.29 is 14.3 Å². The Balaban J connectivity index is 1.36. The number of methoxy groups -OCH3 is 1. The second kappa shape index (κ2) is 11.5. The average Bonchev–Trinajstić information content (AvgIpc) is 3.39. The van der Waals surface area contributed by atoms with Crippen LogP contribution in [0, 0.1) is 12.8 Å². The number of nitrogens with zero attached hydrogens (tertiary/aromatic N) is 2. The van der Waals surface area contributed by atoms with Gasteiger partial charge in [0.1, 0.15) is 5.75 Å². The Morgan fingerprint density at radius 1 is 1.00 bits per heavy atom. The zero-order chi connectivity index (χ0) is 23.9. The minimum Gasteiger partial charge on any atom is -0.496 e. The number of ether oxygens (including phenoxy) is 1. The average molecular weight is 464 g/mol. The number of piperazine rings is 1. The van der Waals surface area contributed by atoms with Crippen LogP contribution in [0.5, 0.6) is 5.75 Å². The van der Waals surface area contributed by atoms with E-state index in [0.29, 0.717) is 25.6 Å². The van der Waals surface area contributed by atoms with Gasteiger partial charge in [0.25, 0.3) is 5.91 Å². The van der Waals surface area contributed by atoms with E-state index in [1.165, 1.54) is 12.8 Å². The summed E-state index contributed by atoms with van der Waals surface area (Å²) < 4.78 is 5.44. The molecule has 0 spiro atoms. The van der Waals surface area contributed by atoms with Crippen molar-refractivity contribution in [2.24, 2.45) is 5.92 Å². The number of aryl methyl sites for hydroxylation is 1. The second-order valence-corrected chi connectivity index (χ2v) is 9.49. The number of para-hydroxylation sites is 1. The van der Waals surface area contributed by atoms with Crippen LogP contribution in [0.1, 0.15) is 47.2 Å². The molecule has 1 saturated carbocycles. The molecular formula is C28H37N3O3. The second-order valence-electron chi connectivity index (χ2n) is 9.49. The van der Waals surface area contributed by atoms with E-state index < -0.39 is 0 Å². The van der Waals surface area contributed by atoms with E-state index in [1.54, 1.807) is 7.11 Å². The van der Waals surface area contributed by atoms with E-state index >= 15 is 0 Å². The van der Waals surface area contributed by atoms with Crippen LogP contribution in [0.3, 0.4) is 0 Å². The lowest BCUT2D eigenvalue weighted by Gasteiger charge is -2.41. The summed E-state index contributed by atoms with van der Waals surface area (Å²) in [6.07, 6.45) is 5.34. The minimum atomic E-state index is -0.115. The Labute approximate surface area is 203 Å².